The molecule has 1 aromatic carbocycles. The van der Waals surface area contributed by atoms with Crippen molar-refractivity contribution in [1.29, 1.82) is 0 Å². The van der Waals surface area contributed by atoms with Crippen LogP contribution in [0.1, 0.15) is 49.7 Å². The normalized spacial score (nSPS) is 21.9. The quantitative estimate of drug-likeness (QED) is 0.224. The zero-order chi connectivity index (χ0) is 31.8. The number of methoxy groups -OCH3 is 1. The highest BCUT2D eigenvalue weighted by Gasteiger charge is 2.42. The minimum absolute atomic E-state index is 0.124. The standard InChI is InChI=1S/C31H36N2O11/c1-17(2)28(35)44-25-18(3)43-31(38)22(15-40-30(37)21(25)14-19-8-6-5-7-9-19)33-27(34)24-26(23(39-4)12-13-32-24)41-16-42-29(36)20-10-11-20/h5-9,12-13,17-18,20-22,25H,10-11,14-16H2,1-4H3,(H,33,34)/t18-,21+,22-,25-/m0/s1. The number of benzene rings is 1. The molecule has 1 aromatic heterocycles. The van der Waals surface area contributed by atoms with E-state index in [2.05, 4.69) is 10.3 Å². The van der Waals surface area contributed by atoms with Crippen molar-refractivity contribution < 1.29 is 52.4 Å². The molecule has 1 saturated heterocycles. The number of pyridine rings is 1. The smallest absolute Gasteiger partial charge is 0.332 e. The number of rotatable bonds is 11. The molecule has 4 atom stereocenters. The van der Waals surface area contributed by atoms with Gasteiger partial charge in [-0.25, -0.2) is 9.78 Å². The summed E-state index contributed by atoms with van der Waals surface area (Å²) in [7, 11) is 1.35. The monoisotopic (exact) mass is 612 g/mol. The largest absolute Gasteiger partial charge is 0.493 e. The molecular formula is C31H36N2O11. The van der Waals surface area contributed by atoms with Gasteiger partial charge >= 0.3 is 23.9 Å². The van der Waals surface area contributed by atoms with Gasteiger partial charge in [0.05, 0.1) is 18.9 Å². The topological polar surface area (TPSA) is 166 Å². The van der Waals surface area contributed by atoms with E-state index in [0.29, 0.717) is 0 Å². The van der Waals surface area contributed by atoms with Gasteiger partial charge in [0, 0.05) is 12.3 Å². The molecule has 1 aliphatic heterocycles. The minimum Gasteiger partial charge on any atom is -0.493 e. The molecule has 2 aliphatic rings. The van der Waals surface area contributed by atoms with Crippen LogP contribution < -0.4 is 14.8 Å². The van der Waals surface area contributed by atoms with Crippen molar-refractivity contribution in [2.24, 2.45) is 17.8 Å². The molecule has 0 unspecified atom stereocenters. The van der Waals surface area contributed by atoms with Crippen LogP contribution >= 0.6 is 0 Å². The second kappa shape index (κ2) is 14.7. The molecule has 13 nitrogen and oxygen atoms in total. The van der Waals surface area contributed by atoms with Crippen molar-refractivity contribution >= 4 is 29.8 Å². The number of nitrogens with zero attached hydrogens (tertiary/aromatic N) is 1. The third kappa shape index (κ3) is 8.23. The first-order valence-electron chi connectivity index (χ1n) is 14.3. The zero-order valence-corrected chi connectivity index (χ0v) is 25.0. The van der Waals surface area contributed by atoms with Gasteiger partial charge in [0.1, 0.15) is 18.6 Å². The summed E-state index contributed by atoms with van der Waals surface area (Å²) in [5.41, 5.74) is 0.506. The maximum atomic E-state index is 13.4. The fourth-order valence-electron chi connectivity index (χ4n) is 4.45. The molecule has 0 spiro atoms. The lowest BCUT2D eigenvalue weighted by atomic mass is 9.91. The van der Waals surface area contributed by atoms with E-state index in [1.54, 1.807) is 13.8 Å². The van der Waals surface area contributed by atoms with Gasteiger partial charge in [0.25, 0.3) is 5.91 Å². The lowest BCUT2D eigenvalue weighted by Crippen LogP contribution is -2.47. The van der Waals surface area contributed by atoms with Gasteiger partial charge < -0.3 is 33.7 Å². The van der Waals surface area contributed by atoms with Gasteiger partial charge in [-0.05, 0) is 31.7 Å². The second-order valence-corrected chi connectivity index (χ2v) is 10.8. The van der Waals surface area contributed by atoms with Crippen molar-refractivity contribution in [2.45, 2.75) is 58.3 Å². The highest BCUT2D eigenvalue weighted by molar-refractivity contribution is 5.98. The highest BCUT2D eigenvalue weighted by atomic mass is 16.7. The number of carbonyl (C=O) groups excluding carboxylic acids is 5. The Morgan fingerprint density at radius 2 is 1.80 bits per heavy atom. The van der Waals surface area contributed by atoms with E-state index < -0.39 is 73.3 Å². The van der Waals surface area contributed by atoms with E-state index in [1.165, 1.54) is 26.3 Å². The summed E-state index contributed by atoms with van der Waals surface area (Å²) < 4.78 is 32.7. The van der Waals surface area contributed by atoms with Crippen LogP contribution in [-0.4, -0.2) is 73.5 Å². The Morgan fingerprint density at radius 3 is 2.45 bits per heavy atom. The van der Waals surface area contributed by atoms with Gasteiger partial charge in [-0.15, -0.1) is 0 Å². The van der Waals surface area contributed by atoms with E-state index in [4.69, 9.17) is 28.4 Å². The lowest BCUT2D eigenvalue weighted by molar-refractivity contribution is -0.176. The fourth-order valence-corrected chi connectivity index (χ4v) is 4.45. The van der Waals surface area contributed by atoms with E-state index >= 15 is 0 Å². The minimum atomic E-state index is -1.45. The van der Waals surface area contributed by atoms with Crippen molar-refractivity contribution in [3.8, 4) is 11.5 Å². The van der Waals surface area contributed by atoms with Crippen LogP contribution in [0.4, 0.5) is 0 Å². The molecule has 2 heterocycles. The van der Waals surface area contributed by atoms with Crippen LogP contribution in [0.15, 0.2) is 42.6 Å². The molecule has 1 amide bonds. The average Bonchev–Trinajstić information content (AvgIpc) is 3.86. The summed E-state index contributed by atoms with van der Waals surface area (Å²) in [6, 6.07) is 9.07. The Hall–Kier alpha value is -4.68. The molecule has 2 fully saturated rings. The number of hydrogen-bond acceptors (Lipinski definition) is 12. The highest BCUT2D eigenvalue weighted by Crippen LogP contribution is 2.32. The Kier molecular flexibility index (Phi) is 10.7. The van der Waals surface area contributed by atoms with Gasteiger partial charge in [0.2, 0.25) is 6.79 Å². The maximum absolute atomic E-state index is 13.4. The van der Waals surface area contributed by atoms with E-state index in [-0.39, 0.29) is 29.5 Å². The van der Waals surface area contributed by atoms with Crippen LogP contribution in [0.5, 0.6) is 11.5 Å². The Balaban J connectivity index is 1.53. The van der Waals surface area contributed by atoms with Gasteiger partial charge in [0.15, 0.2) is 29.3 Å². The number of aromatic nitrogens is 1. The van der Waals surface area contributed by atoms with Gasteiger partial charge in [-0.1, -0.05) is 44.2 Å². The molecule has 0 radical (unpaired) electrons. The lowest BCUT2D eigenvalue weighted by Gasteiger charge is -2.29. The molecule has 0 bridgehead atoms. The molecule has 44 heavy (non-hydrogen) atoms. The number of nitrogens with one attached hydrogen (secondary N) is 1. The van der Waals surface area contributed by atoms with Crippen molar-refractivity contribution in [2.75, 3.05) is 20.5 Å². The Bertz CT molecular complexity index is 1360. The van der Waals surface area contributed by atoms with E-state index in [1.807, 2.05) is 30.3 Å². The van der Waals surface area contributed by atoms with Crippen LogP contribution in [0.25, 0.3) is 0 Å². The van der Waals surface area contributed by atoms with Crippen molar-refractivity contribution in [3.63, 3.8) is 0 Å². The molecule has 4 rings (SSSR count). The predicted molar refractivity (Wildman–Crippen MR) is 151 cm³/mol. The van der Waals surface area contributed by atoms with Crippen molar-refractivity contribution in [1.82, 2.24) is 10.3 Å². The molecule has 13 heteroatoms. The summed E-state index contributed by atoms with van der Waals surface area (Å²) in [5.74, 6) is -5.18. The molecule has 1 saturated carbocycles. The number of ether oxygens (including phenoxy) is 6. The van der Waals surface area contributed by atoms with Gasteiger partial charge in [-0.3, -0.25) is 19.2 Å². The van der Waals surface area contributed by atoms with Gasteiger partial charge in [-0.2, -0.15) is 0 Å². The number of carbonyl (C=O) groups is 5. The number of esters is 4. The SMILES string of the molecule is COc1ccnc(C(=O)N[C@H]2COC(=O)[C@H](Cc3ccccc3)[C@@H](OC(=O)C(C)C)[C@H](C)OC2=O)c1OCOC(=O)C1CC1. The summed E-state index contributed by atoms with van der Waals surface area (Å²) in [6.07, 6.45) is 0.707. The molecular weight excluding hydrogens is 576 g/mol. The fraction of sp³-hybridized carbons (Fsp3) is 0.484. The molecule has 2 aromatic rings. The Labute approximate surface area is 254 Å². The predicted octanol–water partition coefficient (Wildman–Crippen LogP) is 2.39. The van der Waals surface area contributed by atoms with Crippen LogP contribution in [0.2, 0.25) is 0 Å². The third-order valence-electron chi connectivity index (χ3n) is 7.09. The summed E-state index contributed by atoms with van der Waals surface area (Å²) in [4.78, 5) is 68.6. The summed E-state index contributed by atoms with van der Waals surface area (Å²) in [5, 5.41) is 2.47. The van der Waals surface area contributed by atoms with Crippen molar-refractivity contribution in [3.05, 3.63) is 53.9 Å². The first-order valence-corrected chi connectivity index (χ1v) is 14.3. The molecule has 1 N–H and O–H groups in total. The zero-order valence-electron chi connectivity index (χ0n) is 25.0. The van der Waals surface area contributed by atoms with Crippen LogP contribution in [0, 0.1) is 17.8 Å². The number of hydrogen-bond donors (Lipinski definition) is 1. The summed E-state index contributed by atoms with van der Waals surface area (Å²) in [6.45, 7) is 3.74. The van der Waals surface area contributed by atoms with Crippen LogP contribution in [-0.2, 0) is 44.5 Å². The maximum Gasteiger partial charge on any atom is 0.332 e. The summed E-state index contributed by atoms with van der Waals surface area (Å²) >= 11 is 0. The molecule has 236 valence electrons. The van der Waals surface area contributed by atoms with E-state index in [0.717, 1.165) is 18.4 Å². The van der Waals surface area contributed by atoms with Crippen LogP contribution in [0.3, 0.4) is 0 Å². The molecule has 1 aliphatic carbocycles. The third-order valence-corrected chi connectivity index (χ3v) is 7.09. The number of amides is 1. The van der Waals surface area contributed by atoms with E-state index in [9.17, 15) is 24.0 Å². The average molecular weight is 613 g/mol. The number of cyclic esters (lactones) is 2. The first kappa shape index (κ1) is 32.2. The second-order valence-electron chi connectivity index (χ2n) is 10.8. The Morgan fingerprint density at radius 1 is 1.07 bits per heavy atom. The first-order chi connectivity index (χ1) is 21.1.